The van der Waals surface area contributed by atoms with Gasteiger partial charge in [0.15, 0.2) is 0 Å². The van der Waals surface area contributed by atoms with Gasteiger partial charge < -0.3 is 10.5 Å². The van der Waals surface area contributed by atoms with Gasteiger partial charge in [-0.3, -0.25) is 9.59 Å². The first kappa shape index (κ1) is 8.68. The number of primary amides is 1. The molecule has 0 bridgehead atoms. The van der Waals surface area contributed by atoms with Crippen LogP contribution >= 0.6 is 0 Å². The van der Waals surface area contributed by atoms with Crippen LogP contribution in [0.3, 0.4) is 0 Å². The van der Waals surface area contributed by atoms with E-state index in [1.807, 2.05) is 0 Å². The van der Waals surface area contributed by atoms with E-state index in [0.717, 1.165) is 0 Å². The molecule has 1 amide bonds. The average Bonchev–Trinajstić information content (AvgIpc) is 2.15. The Morgan fingerprint density at radius 2 is 2.30 bits per heavy atom. The lowest BCUT2D eigenvalue weighted by Crippen LogP contribution is -2.01. The van der Waals surface area contributed by atoms with Crippen LogP contribution < -0.4 is 5.73 Å². The molecule has 1 aliphatic rings. The zero-order valence-corrected chi connectivity index (χ0v) is 5.66. The van der Waals surface area contributed by atoms with E-state index in [4.69, 9.17) is 0 Å². The predicted octanol–water partition coefficient (Wildman–Crippen LogP) is -0.0614. The minimum absolute atomic E-state index is 0.157. The molecule has 1 rings (SSSR count). The van der Waals surface area contributed by atoms with Crippen molar-refractivity contribution in [2.45, 2.75) is 13.3 Å². The van der Waals surface area contributed by atoms with Gasteiger partial charge in [-0.1, -0.05) is 0 Å². The van der Waals surface area contributed by atoms with Gasteiger partial charge in [-0.15, -0.1) is 0 Å². The minimum Gasteiger partial charge on any atom is -0.435 e. The lowest BCUT2D eigenvalue weighted by molar-refractivity contribution is -0.135. The molecule has 2 N–H and O–H groups in total. The van der Waals surface area contributed by atoms with E-state index in [0.29, 0.717) is 6.42 Å². The van der Waals surface area contributed by atoms with Crippen LogP contribution in [0.15, 0.2) is 12.3 Å². The number of ether oxygens (including phenoxy) is 1. The first-order valence-electron chi connectivity index (χ1n) is 2.73. The molecule has 0 aliphatic carbocycles. The third-order valence-electron chi connectivity index (χ3n) is 0.580. The summed E-state index contributed by atoms with van der Waals surface area (Å²) in [5.41, 5.74) is 4.47. The predicted molar refractivity (Wildman–Crippen MR) is 34.7 cm³/mol. The summed E-state index contributed by atoms with van der Waals surface area (Å²) in [5, 5.41) is 0. The van der Waals surface area contributed by atoms with Crippen LogP contribution in [-0.2, 0) is 14.3 Å². The van der Waals surface area contributed by atoms with Crippen LogP contribution in [0.2, 0.25) is 0 Å². The fourth-order valence-electron chi connectivity index (χ4n) is 0.316. The van der Waals surface area contributed by atoms with E-state index in [1.54, 1.807) is 6.08 Å². The zero-order chi connectivity index (χ0) is 7.98. The van der Waals surface area contributed by atoms with Crippen LogP contribution in [-0.4, -0.2) is 11.9 Å². The van der Waals surface area contributed by atoms with Crippen molar-refractivity contribution in [1.29, 1.82) is 0 Å². The van der Waals surface area contributed by atoms with E-state index in [1.165, 1.54) is 13.2 Å². The van der Waals surface area contributed by atoms with Crippen molar-refractivity contribution in [2.75, 3.05) is 0 Å². The number of rotatable bonds is 0. The molecule has 0 aromatic rings. The second-order valence-electron chi connectivity index (χ2n) is 1.68. The Balaban J connectivity index is 0.000000180. The van der Waals surface area contributed by atoms with Crippen molar-refractivity contribution in [1.82, 2.24) is 0 Å². The summed E-state index contributed by atoms with van der Waals surface area (Å²) in [6, 6.07) is 0. The molecular formula is C6H9NO3. The lowest BCUT2D eigenvalue weighted by atomic mass is 10.5. The number of carbonyl (C=O) groups excluding carboxylic acids is 2. The summed E-state index contributed by atoms with van der Waals surface area (Å²) in [6.07, 6.45) is 3.53. The highest BCUT2D eigenvalue weighted by atomic mass is 16.5. The molecule has 0 radical (unpaired) electrons. The van der Waals surface area contributed by atoms with Crippen molar-refractivity contribution in [3.05, 3.63) is 12.3 Å². The van der Waals surface area contributed by atoms with Gasteiger partial charge in [-0.05, 0) is 6.08 Å². The standard InChI is InChI=1S/C4H4O2.C2H5NO/c5-4-2-1-3-6-4;1-2(3)4/h1,3H,2H2;1H3,(H2,3,4). The van der Waals surface area contributed by atoms with Gasteiger partial charge in [0.2, 0.25) is 5.91 Å². The van der Waals surface area contributed by atoms with Gasteiger partial charge in [0.05, 0.1) is 12.7 Å². The van der Waals surface area contributed by atoms with Crippen molar-refractivity contribution < 1.29 is 14.3 Å². The molecule has 0 fully saturated rings. The van der Waals surface area contributed by atoms with Gasteiger partial charge in [0.25, 0.3) is 0 Å². The molecule has 4 heteroatoms. The number of cyclic esters (lactones) is 1. The maximum atomic E-state index is 9.96. The number of hydrogen-bond acceptors (Lipinski definition) is 3. The van der Waals surface area contributed by atoms with Gasteiger partial charge in [0, 0.05) is 6.92 Å². The third-order valence-corrected chi connectivity index (χ3v) is 0.580. The van der Waals surface area contributed by atoms with Crippen molar-refractivity contribution >= 4 is 11.9 Å². The average molecular weight is 143 g/mol. The minimum atomic E-state index is -0.333. The summed E-state index contributed by atoms with van der Waals surface area (Å²) >= 11 is 0. The molecule has 56 valence electrons. The summed E-state index contributed by atoms with van der Waals surface area (Å²) in [5.74, 6) is -0.491. The van der Waals surface area contributed by atoms with Gasteiger partial charge in [-0.2, -0.15) is 0 Å². The summed E-state index contributed by atoms with van der Waals surface area (Å²) in [4.78, 5) is 19.2. The van der Waals surface area contributed by atoms with Crippen LogP contribution in [0.5, 0.6) is 0 Å². The Morgan fingerprint density at radius 1 is 1.80 bits per heavy atom. The van der Waals surface area contributed by atoms with Gasteiger partial charge >= 0.3 is 5.97 Å². The Morgan fingerprint density at radius 3 is 2.40 bits per heavy atom. The number of nitrogens with two attached hydrogens (primary N) is 1. The Labute approximate surface area is 58.7 Å². The first-order chi connectivity index (χ1) is 4.63. The first-order valence-corrected chi connectivity index (χ1v) is 2.73. The Bertz CT molecular complexity index is 148. The molecule has 10 heavy (non-hydrogen) atoms. The fraction of sp³-hybridized carbons (Fsp3) is 0.333. The monoisotopic (exact) mass is 143 g/mol. The molecule has 0 saturated heterocycles. The summed E-state index contributed by atoms with van der Waals surface area (Å²) in [6.45, 7) is 1.31. The van der Waals surface area contributed by atoms with Crippen LogP contribution in [0.1, 0.15) is 13.3 Å². The highest BCUT2D eigenvalue weighted by Crippen LogP contribution is 1.96. The third kappa shape index (κ3) is 6.68. The van der Waals surface area contributed by atoms with Crippen molar-refractivity contribution in [3.63, 3.8) is 0 Å². The highest BCUT2D eigenvalue weighted by Gasteiger charge is 2.00. The quantitative estimate of drug-likeness (QED) is 0.483. The maximum Gasteiger partial charge on any atom is 0.314 e. The second kappa shape index (κ2) is 4.55. The summed E-state index contributed by atoms with van der Waals surface area (Å²) < 4.78 is 4.33. The van der Waals surface area contributed by atoms with Gasteiger partial charge in [0.1, 0.15) is 0 Å². The maximum absolute atomic E-state index is 9.96. The lowest BCUT2D eigenvalue weighted by Gasteiger charge is -1.78. The Hall–Kier alpha value is -1.32. The van der Waals surface area contributed by atoms with E-state index < -0.39 is 0 Å². The normalized spacial score (nSPS) is 13.5. The number of carbonyl (C=O) groups is 2. The molecule has 0 unspecified atom stereocenters. The van der Waals surface area contributed by atoms with E-state index >= 15 is 0 Å². The van der Waals surface area contributed by atoms with Gasteiger partial charge in [-0.25, -0.2) is 0 Å². The fourth-order valence-corrected chi connectivity index (χ4v) is 0.316. The topological polar surface area (TPSA) is 69.4 Å². The van der Waals surface area contributed by atoms with Crippen molar-refractivity contribution in [2.24, 2.45) is 5.73 Å². The molecule has 0 atom stereocenters. The van der Waals surface area contributed by atoms with Crippen LogP contribution in [0.25, 0.3) is 0 Å². The number of amides is 1. The van der Waals surface area contributed by atoms with E-state index in [9.17, 15) is 9.59 Å². The largest absolute Gasteiger partial charge is 0.435 e. The van der Waals surface area contributed by atoms with Crippen LogP contribution in [0.4, 0.5) is 0 Å². The molecule has 1 aliphatic heterocycles. The number of esters is 1. The molecule has 0 spiro atoms. The molecule has 0 aromatic heterocycles. The smallest absolute Gasteiger partial charge is 0.314 e. The van der Waals surface area contributed by atoms with E-state index in [-0.39, 0.29) is 11.9 Å². The summed E-state index contributed by atoms with van der Waals surface area (Å²) in [7, 11) is 0. The van der Waals surface area contributed by atoms with Crippen LogP contribution in [0, 0.1) is 0 Å². The number of hydrogen-bond donors (Lipinski definition) is 1. The Kier molecular flexibility index (Phi) is 3.95. The van der Waals surface area contributed by atoms with Crippen molar-refractivity contribution in [3.8, 4) is 0 Å². The molecule has 1 heterocycles. The molecule has 4 nitrogen and oxygen atoms in total. The molecule has 0 aromatic carbocycles. The molecular weight excluding hydrogens is 134 g/mol. The second-order valence-corrected chi connectivity index (χ2v) is 1.68. The zero-order valence-electron chi connectivity index (χ0n) is 5.66. The highest BCUT2D eigenvalue weighted by molar-refractivity contribution is 5.73. The molecule has 0 saturated carbocycles. The SMILES string of the molecule is CC(N)=O.O=C1CC=CO1. The van der Waals surface area contributed by atoms with E-state index in [2.05, 4.69) is 10.5 Å².